The lowest BCUT2D eigenvalue weighted by atomic mass is 10.0. The molecule has 182 valence electrons. The molecule has 1 saturated heterocycles. The Balaban J connectivity index is 1.94. The fraction of sp³-hybridized carbons (Fsp3) is 0.208. The Morgan fingerprint density at radius 3 is 2.69 bits per heavy atom. The van der Waals surface area contributed by atoms with E-state index in [4.69, 9.17) is 14.6 Å². The maximum absolute atomic E-state index is 12.5. The highest BCUT2D eigenvalue weighted by Gasteiger charge is 2.36. The van der Waals surface area contributed by atoms with Crippen molar-refractivity contribution in [2.45, 2.75) is 20.0 Å². The molecule has 0 radical (unpaired) electrons. The third kappa shape index (κ3) is 6.27. The Hall–Kier alpha value is -4.12. The largest absolute Gasteiger partial charge is 0.490 e. The number of allylic oxidation sites excluding steroid dienone is 1. The van der Waals surface area contributed by atoms with Crippen LogP contribution in [-0.4, -0.2) is 45.2 Å². The van der Waals surface area contributed by atoms with Gasteiger partial charge in [0.25, 0.3) is 16.8 Å². The van der Waals surface area contributed by atoms with E-state index in [2.05, 4.69) is 6.58 Å². The van der Waals surface area contributed by atoms with Gasteiger partial charge in [0.15, 0.2) is 11.5 Å². The molecule has 2 aromatic rings. The van der Waals surface area contributed by atoms with Gasteiger partial charge in [-0.2, -0.15) is 0 Å². The number of carboxylic acid groups (broad SMARTS) is 1. The number of carbonyl (C=O) groups excluding carboxylic acids is 2. The molecular weight excluding hydrogens is 476 g/mol. The van der Waals surface area contributed by atoms with Gasteiger partial charge in [-0.05, 0) is 54.4 Å². The van der Waals surface area contributed by atoms with Crippen LogP contribution in [0.2, 0.25) is 0 Å². The van der Waals surface area contributed by atoms with Crippen LogP contribution in [0.15, 0.2) is 54.0 Å². The van der Waals surface area contributed by atoms with Gasteiger partial charge in [-0.15, -0.1) is 6.58 Å². The number of nitrogens with zero attached hydrogens (tertiary/aromatic N) is 2. The van der Waals surface area contributed by atoms with Gasteiger partial charge in [-0.3, -0.25) is 29.4 Å². The summed E-state index contributed by atoms with van der Waals surface area (Å²) in [4.78, 5) is 46.9. The van der Waals surface area contributed by atoms with Gasteiger partial charge in [0.1, 0.15) is 13.2 Å². The number of imide groups is 1. The van der Waals surface area contributed by atoms with Crippen LogP contribution < -0.4 is 9.47 Å². The molecule has 0 aliphatic carbocycles. The molecule has 0 spiro atoms. The molecule has 2 aromatic carbocycles. The molecule has 10 nitrogen and oxygen atoms in total. The number of benzene rings is 2. The standard InChI is InChI=1S/C24H22N2O8S/c1-3-6-17-9-16(12-20-23(29)25(13-21(27)28)24(30)35-20)11-19(33-4-2)22(17)34-14-15-7-5-8-18(10-15)26(31)32/h3,5,7-12H,1,4,6,13-14H2,2H3,(H,27,28)/b20-12+. The number of hydrogen-bond donors (Lipinski definition) is 1. The van der Waals surface area contributed by atoms with Crippen LogP contribution in [0.5, 0.6) is 11.5 Å². The number of non-ortho nitro benzene ring substituents is 1. The quantitative estimate of drug-likeness (QED) is 0.207. The number of carboxylic acids is 1. The molecule has 35 heavy (non-hydrogen) atoms. The second-order valence-corrected chi connectivity index (χ2v) is 8.30. The highest BCUT2D eigenvalue weighted by atomic mass is 32.2. The lowest BCUT2D eigenvalue weighted by Crippen LogP contribution is -2.33. The fourth-order valence-corrected chi connectivity index (χ4v) is 4.18. The first kappa shape index (κ1) is 25.5. The van der Waals surface area contributed by atoms with Crippen molar-refractivity contribution < 1.29 is 33.9 Å². The molecule has 1 heterocycles. The summed E-state index contributed by atoms with van der Waals surface area (Å²) in [6, 6.07) is 9.50. The molecule has 0 aromatic heterocycles. The molecule has 1 aliphatic heterocycles. The van der Waals surface area contributed by atoms with Gasteiger partial charge < -0.3 is 14.6 Å². The number of ether oxygens (including phenoxy) is 2. The molecule has 1 aliphatic rings. The fourth-order valence-electron chi connectivity index (χ4n) is 3.34. The Kier molecular flexibility index (Phi) is 8.26. The predicted molar refractivity (Wildman–Crippen MR) is 129 cm³/mol. The molecule has 0 unspecified atom stereocenters. The number of rotatable bonds is 11. The van der Waals surface area contributed by atoms with Crippen LogP contribution in [0, 0.1) is 10.1 Å². The molecule has 0 bridgehead atoms. The van der Waals surface area contributed by atoms with Gasteiger partial charge in [0.05, 0.1) is 16.4 Å². The van der Waals surface area contributed by atoms with Crippen molar-refractivity contribution in [3.8, 4) is 11.5 Å². The molecule has 2 amide bonds. The van der Waals surface area contributed by atoms with Crippen LogP contribution in [0.1, 0.15) is 23.6 Å². The van der Waals surface area contributed by atoms with Crippen molar-refractivity contribution in [2.75, 3.05) is 13.2 Å². The summed E-state index contributed by atoms with van der Waals surface area (Å²) < 4.78 is 11.8. The molecule has 0 atom stereocenters. The summed E-state index contributed by atoms with van der Waals surface area (Å²) >= 11 is 0.660. The van der Waals surface area contributed by atoms with E-state index in [1.807, 2.05) is 0 Å². The third-order valence-electron chi connectivity index (χ3n) is 4.79. The third-order valence-corrected chi connectivity index (χ3v) is 5.69. The minimum Gasteiger partial charge on any atom is -0.490 e. The maximum Gasteiger partial charge on any atom is 0.323 e. The average molecular weight is 499 g/mol. The Morgan fingerprint density at radius 1 is 1.26 bits per heavy atom. The van der Waals surface area contributed by atoms with Crippen LogP contribution in [0.25, 0.3) is 6.08 Å². The number of amides is 2. The summed E-state index contributed by atoms with van der Waals surface area (Å²) in [5, 5.41) is 19.3. The van der Waals surface area contributed by atoms with E-state index in [1.165, 1.54) is 18.2 Å². The van der Waals surface area contributed by atoms with Gasteiger partial charge >= 0.3 is 5.97 Å². The normalized spacial score (nSPS) is 14.3. The Morgan fingerprint density at radius 2 is 2.03 bits per heavy atom. The summed E-state index contributed by atoms with van der Waals surface area (Å²) in [6.45, 7) is 5.22. The average Bonchev–Trinajstić information content (AvgIpc) is 3.06. The van der Waals surface area contributed by atoms with Crippen molar-refractivity contribution in [3.63, 3.8) is 0 Å². The predicted octanol–water partition coefficient (Wildman–Crippen LogP) is 4.42. The second-order valence-electron chi connectivity index (χ2n) is 7.31. The number of nitro groups is 1. The zero-order valence-electron chi connectivity index (χ0n) is 18.8. The SMILES string of the molecule is C=CCc1cc(/C=C2/SC(=O)N(CC(=O)O)C2=O)cc(OCC)c1OCc1cccc([N+](=O)[O-])c1. The summed E-state index contributed by atoms with van der Waals surface area (Å²) in [5.41, 5.74) is 1.79. The number of nitro benzene ring substituents is 1. The van der Waals surface area contributed by atoms with E-state index in [1.54, 1.807) is 37.3 Å². The lowest BCUT2D eigenvalue weighted by Gasteiger charge is -2.17. The highest BCUT2D eigenvalue weighted by Crippen LogP contribution is 2.37. The van der Waals surface area contributed by atoms with E-state index in [-0.39, 0.29) is 17.2 Å². The summed E-state index contributed by atoms with van der Waals surface area (Å²) in [5.74, 6) is -1.16. The molecule has 3 rings (SSSR count). The summed E-state index contributed by atoms with van der Waals surface area (Å²) in [6.07, 6.45) is 3.55. The van der Waals surface area contributed by atoms with Crippen LogP contribution in [-0.2, 0) is 22.6 Å². The van der Waals surface area contributed by atoms with E-state index in [0.29, 0.717) is 57.9 Å². The number of aliphatic carboxylic acids is 1. The van der Waals surface area contributed by atoms with Gasteiger partial charge in [0, 0.05) is 17.7 Å². The van der Waals surface area contributed by atoms with Gasteiger partial charge in [-0.1, -0.05) is 18.2 Å². The van der Waals surface area contributed by atoms with Crippen LogP contribution in [0.3, 0.4) is 0 Å². The highest BCUT2D eigenvalue weighted by molar-refractivity contribution is 8.18. The lowest BCUT2D eigenvalue weighted by molar-refractivity contribution is -0.384. The Bertz CT molecular complexity index is 1220. The van der Waals surface area contributed by atoms with Crippen molar-refractivity contribution in [1.29, 1.82) is 0 Å². The smallest absolute Gasteiger partial charge is 0.323 e. The first-order valence-corrected chi connectivity index (χ1v) is 11.3. The van der Waals surface area contributed by atoms with Gasteiger partial charge in [0.2, 0.25) is 0 Å². The minimum absolute atomic E-state index is 0.0466. The zero-order chi connectivity index (χ0) is 25.5. The zero-order valence-corrected chi connectivity index (χ0v) is 19.6. The van der Waals surface area contributed by atoms with E-state index < -0.39 is 28.6 Å². The van der Waals surface area contributed by atoms with Gasteiger partial charge in [-0.25, -0.2) is 0 Å². The van der Waals surface area contributed by atoms with Crippen molar-refractivity contribution in [2.24, 2.45) is 0 Å². The first-order chi connectivity index (χ1) is 16.7. The van der Waals surface area contributed by atoms with Crippen LogP contribution >= 0.6 is 11.8 Å². The molecule has 1 fully saturated rings. The monoisotopic (exact) mass is 498 g/mol. The molecule has 1 N–H and O–H groups in total. The van der Waals surface area contributed by atoms with E-state index in [0.717, 1.165) is 0 Å². The summed E-state index contributed by atoms with van der Waals surface area (Å²) in [7, 11) is 0. The molecule has 11 heteroatoms. The molecule has 0 saturated carbocycles. The Labute approximate surface area is 205 Å². The van der Waals surface area contributed by atoms with Crippen molar-refractivity contribution >= 4 is 40.6 Å². The number of carbonyl (C=O) groups is 3. The van der Waals surface area contributed by atoms with Crippen molar-refractivity contribution in [3.05, 3.63) is 80.8 Å². The number of thioether (sulfide) groups is 1. The van der Waals surface area contributed by atoms with Crippen molar-refractivity contribution in [1.82, 2.24) is 4.90 Å². The van der Waals surface area contributed by atoms with E-state index in [9.17, 15) is 24.5 Å². The molecular formula is C24H22N2O8S. The second kappa shape index (κ2) is 11.3. The minimum atomic E-state index is -1.29. The first-order valence-electron chi connectivity index (χ1n) is 10.5. The topological polar surface area (TPSA) is 136 Å². The number of hydrogen-bond acceptors (Lipinski definition) is 8. The van der Waals surface area contributed by atoms with Crippen LogP contribution in [0.4, 0.5) is 10.5 Å². The van der Waals surface area contributed by atoms with E-state index >= 15 is 0 Å². The maximum atomic E-state index is 12.5.